The molecule has 1 rings (SSSR count). The molecule has 90 valence electrons. The van der Waals surface area contributed by atoms with Crippen molar-refractivity contribution in [2.24, 2.45) is 0 Å². The number of hydrogen-bond acceptors (Lipinski definition) is 3. The standard InChI is InChI=1S/C13H22N2O/c1-5-13(2,16)10-14-11-7-6-8-12(9-11)15(3)4/h6-9,14,16H,5,10H2,1-4H3. The third-order valence-electron chi connectivity index (χ3n) is 2.80. The minimum Gasteiger partial charge on any atom is -0.388 e. The number of hydrogen-bond donors (Lipinski definition) is 2. The Morgan fingerprint density at radius 2 is 2.06 bits per heavy atom. The molecular weight excluding hydrogens is 200 g/mol. The highest BCUT2D eigenvalue weighted by atomic mass is 16.3. The van der Waals surface area contributed by atoms with Crippen molar-refractivity contribution < 1.29 is 5.11 Å². The van der Waals surface area contributed by atoms with Gasteiger partial charge in [-0.25, -0.2) is 0 Å². The fraction of sp³-hybridized carbons (Fsp3) is 0.538. The maximum absolute atomic E-state index is 9.89. The van der Waals surface area contributed by atoms with Gasteiger partial charge in [0.15, 0.2) is 0 Å². The normalized spacial score (nSPS) is 14.3. The molecule has 0 amide bonds. The summed E-state index contributed by atoms with van der Waals surface area (Å²) in [6.07, 6.45) is 0.743. The maximum Gasteiger partial charge on any atom is 0.0788 e. The zero-order valence-corrected chi connectivity index (χ0v) is 10.6. The number of nitrogens with zero attached hydrogens (tertiary/aromatic N) is 1. The zero-order valence-electron chi connectivity index (χ0n) is 10.6. The second-order valence-corrected chi connectivity index (χ2v) is 4.65. The molecule has 1 atom stereocenters. The van der Waals surface area contributed by atoms with Gasteiger partial charge < -0.3 is 15.3 Å². The molecule has 0 saturated heterocycles. The fourth-order valence-corrected chi connectivity index (χ4v) is 1.31. The van der Waals surface area contributed by atoms with Crippen LogP contribution in [0.1, 0.15) is 20.3 Å². The minimum absolute atomic E-state index is 0.570. The molecule has 0 aliphatic carbocycles. The van der Waals surface area contributed by atoms with Crippen molar-refractivity contribution in [2.75, 3.05) is 30.9 Å². The Morgan fingerprint density at radius 3 is 2.62 bits per heavy atom. The topological polar surface area (TPSA) is 35.5 Å². The van der Waals surface area contributed by atoms with Gasteiger partial charge in [0.05, 0.1) is 5.60 Å². The number of aliphatic hydroxyl groups is 1. The molecule has 16 heavy (non-hydrogen) atoms. The largest absolute Gasteiger partial charge is 0.388 e. The first-order chi connectivity index (χ1) is 7.44. The Bertz CT molecular complexity index is 334. The average Bonchev–Trinajstić information content (AvgIpc) is 2.27. The van der Waals surface area contributed by atoms with Gasteiger partial charge in [0.2, 0.25) is 0 Å². The molecule has 0 radical (unpaired) electrons. The third-order valence-corrected chi connectivity index (χ3v) is 2.80. The first kappa shape index (κ1) is 12.8. The van der Waals surface area contributed by atoms with E-state index >= 15 is 0 Å². The van der Waals surface area contributed by atoms with E-state index in [1.807, 2.05) is 40.1 Å². The van der Waals surface area contributed by atoms with Crippen LogP contribution in [0.5, 0.6) is 0 Å². The van der Waals surface area contributed by atoms with E-state index in [0.717, 1.165) is 17.8 Å². The summed E-state index contributed by atoms with van der Waals surface area (Å²) in [4.78, 5) is 2.06. The van der Waals surface area contributed by atoms with Gasteiger partial charge in [-0.15, -0.1) is 0 Å². The van der Waals surface area contributed by atoms with E-state index in [2.05, 4.69) is 22.3 Å². The van der Waals surface area contributed by atoms with Crippen LogP contribution in [0.15, 0.2) is 24.3 Å². The predicted molar refractivity (Wildman–Crippen MR) is 70.2 cm³/mol. The summed E-state index contributed by atoms with van der Waals surface area (Å²) in [5, 5.41) is 13.1. The van der Waals surface area contributed by atoms with Crippen LogP contribution in [0, 0.1) is 0 Å². The molecule has 0 aliphatic heterocycles. The van der Waals surface area contributed by atoms with Gasteiger partial charge in [-0.2, -0.15) is 0 Å². The Hall–Kier alpha value is -1.22. The molecule has 3 nitrogen and oxygen atoms in total. The average molecular weight is 222 g/mol. The summed E-state index contributed by atoms with van der Waals surface area (Å²) < 4.78 is 0. The van der Waals surface area contributed by atoms with Crippen LogP contribution in [0.4, 0.5) is 11.4 Å². The Labute approximate surface area is 98.1 Å². The first-order valence-corrected chi connectivity index (χ1v) is 5.68. The molecule has 1 unspecified atom stereocenters. The number of rotatable bonds is 5. The van der Waals surface area contributed by atoms with Gasteiger partial charge in [0.25, 0.3) is 0 Å². The lowest BCUT2D eigenvalue weighted by Crippen LogP contribution is -2.32. The molecule has 0 bridgehead atoms. The number of nitrogens with one attached hydrogen (secondary N) is 1. The summed E-state index contributed by atoms with van der Waals surface area (Å²) in [5.74, 6) is 0. The van der Waals surface area contributed by atoms with Gasteiger partial charge in [-0.05, 0) is 31.5 Å². The number of benzene rings is 1. The molecule has 0 aliphatic rings. The molecular formula is C13H22N2O. The van der Waals surface area contributed by atoms with Crippen molar-refractivity contribution in [1.29, 1.82) is 0 Å². The highest BCUT2D eigenvalue weighted by Crippen LogP contribution is 2.18. The smallest absolute Gasteiger partial charge is 0.0788 e. The van der Waals surface area contributed by atoms with E-state index in [-0.39, 0.29) is 0 Å². The van der Waals surface area contributed by atoms with Crippen LogP contribution in [-0.4, -0.2) is 31.3 Å². The molecule has 2 N–H and O–H groups in total. The van der Waals surface area contributed by atoms with Gasteiger partial charge >= 0.3 is 0 Å². The molecule has 0 aromatic heterocycles. The Morgan fingerprint density at radius 1 is 1.38 bits per heavy atom. The van der Waals surface area contributed by atoms with Crippen molar-refractivity contribution in [1.82, 2.24) is 0 Å². The van der Waals surface area contributed by atoms with Crippen LogP contribution >= 0.6 is 0 Å². The molecule has 0 saturated carbocycles. The fourth-order valence-electron chi connectivity index (χ4n) is 1.31. The molecule has 0 fully saturated rings. The zero-order chi connectivity index (χ0) is 12.2. The molecule has 0 heterocycles. The van der Waals surface area contributed by atoms with Crippen molar-refractivity contribution >= 4 is 11.4 Å². The quantitative estimate of drug-likeness (QED) is 0.802. The highest BCUT2D eigenvalue weighted by Gasteiger charge is 2.16. The van der Waals surface area contributed by atoms with E-state index in [1.165, 1.54) is 0 Å². The van der Waals surface area contributed by atoms with E-state index in [9.17, 15) is 5.11 Å². The maximum atomic E-state index is 9.89. The molecule has 3 heteroatoms. The van der Waals surface area contributed by atoms with Gasteiger partial charge in [-0.1, -0.05) is 13.0 Å². The lowest BCUT2D eigenvalue weighted by atomic mass is 10.0. The van der Waals surface area contributed by atoms with Crippen LogP contribution in [0.2, 0.25) is 0 Å². The van der Waals surface area contributed by atoms with Gasteiger partial charge in [0, 0.05) is 32.0 Å². The summed E-state index contributed by atoms with van der Waals surface area (Å²) in [6, 6.07) is 8.16. The van der Waals surface area contributed by atoms with Crippen LogP contribution in [-0.2, 0) is 0 Å². The minimum atomic E-state index is -0.645. The summed E-state index contributed by atoms with van der Waals surface area (Å²) in [6.45, 7) is 4.40. The lowest BCUT2D eigenvalue weighted by molar-refractivity contribution is 0.0697. The summed E-state index contributed by atoms with van der Waals surface area (Å²) in [5.41, 5.74) is 1.55. The van der Waals surface area contributed by atoms with Gasteiger partial charge in [0.1, 0.15) is 0 Å². The van der Waals surface area contributed by atoms with Crippen molar-refractivity contribution in [3.8, 4) is 0 Å². The van der Waals surface area contributed by atoms with Crippen LogP contribution in [0.3, 0.4) is 0 Å². The van der Waals surface area contributed by atoms with Gasteiger partial charge in [-0.3, -0.25) is 0 Å². The van der Waals surface area contributed by atoms with Crippen LogP contribution < -0.4 is 10.2 Å². The van der Waals surface area contributed by atoms with E-state index < -0.39 is 5.60 Å². The Kier molecular flexibility index (Phi) is 4.19. The summed E-state index contributed by atoms with van der Waals surface area (Å²) in [7, 11) is 4.03. The van der Waals surface area contributed by atoms with Crippen molar-refractivity contribution in [2.45, 2.75) is 25.9 Å². The Balaban J connectivity index is 2.64. The lowest BCUT2D eigenvalue weighted by Gasteiger charge is -2.23. The second kappa shape index (κ2) is 5.21. The van der Waals surface area contributed by atoms with Crippen molar-refractivity contribution in [3.05, 3.63) is 24.3 Å². The van der Waals surface area contributed by atoms with E-state index in [0.29, 0.717) is 6.54 Å². The summed E-state index contributed by atoms with van der Waals surface area (Å²) >= 11 is 0. The molecule has 0 spiro atoms. The van der Waals surface area contributed by atoms with E-state index in [1.54, 1.807) is 0 Å². The second-order valence-electron chi connectivity index (χ2n) is 4.65. The highest BCUT2D eigenvalue weighted by molar-refractivity contribution is 5.57. The third kappa shape index (κ3) is 3.74. The molecule has 1 aromatic carbocycles. The SMILES string of the molecule is CCC(C)(O)CNc1cccc(N(C)C)c1. The monoisotopic (exact) mass is 222 g/mol. The van der Waals surface area contributed by atoms with E-state index in [4.69, 9.17) is 0 Å². The number of anilines is 2. The first-order valence-electron chi connectivity index (χ1n) is 5.68. The van der Waals surface area contributed by atoms with Crippen molar-refractivity contribution in [3.63, 3.8) is 0 Å². The van der Waals surface area contributed by atoms with Crippen LogP contribution in [0.25, 0.3) is 0 Å². The predicted octanol–water partition coefficient (Wildman–Crippen LogP) is 2.33. The molecule has 1 aromatic rings.